The van der Waals surface area contributed by atoms with Crippen molar-refractivity contribution in [2.45, 2.75) is 25.6 Å². The molecule has 0 aliphatic carbocycles. The van der Waals surface area contributed by atoms with Gasteiger partial charge in [-0.1, -0.05) is 57.4 Å². The van der Waals surface area contributed by atoms with Gasteiger partial charge in [0, 0.05) is 5.56 Å². The fraction of sp³-hybridized carbons (Fsp3) is 0.250. The Morgan fingerprint density at radius 1 is 0.889 bits per heavy atom. The predicted octanol–water partition coefficient (Wildman–Crippen LogP) is 5.24. The first-order valence-electron chi connectivity index (χ1n) is 5.96. The molecule has 1 unspecified atom stereocenters. The van der Waals surface area contributed by atoms with Gasteiger partial charge < -0.3 is 0 Å². The van der Waals surface area contributed by atoms with Gasteiger partial charge in [0.05, 0.1) is 4.83 Å². The molecule has 0 aromatic heterocycles. The van der Waals surface area contributed by atoms with E-state index in [2.05, 4.69) is 48.0 Å². The molecule has 2 rings (SSSR count). The zero-order valence-electron chi connectivity index (χ0n) is 10.8. The summed E-state index contributed by atoms with van der Waals surface area (Å²) < 4.78 is 13.9. The maximum atomic E-state index is 13.9. The molecule has 0 spiro atoms. The fourth-order valence-electron chi connectivity index (χ4n) is 2.13. The van der Waals surface area contributed by atoms with Crippen LogP contribution in [0.5, 0.6) is 0 Å². The van der Waals surface area contributed by atoms with Crippen LogP contribution in [0, 0.1) is 26.6 Å². The van der Waals surface area contributed by atoms with E-state index in [1.165, 1.54) is 17.2 Å². The fourth-order valence-corrected chi connectivity index (χ4v) is 3.00. The lowest BCUT2D eigenvalue weighted by Gasteiger charge is -2.15. The molecule has 0 heterocycles. The Hall–Kier alpha value is -1.15. The van der Waals surface area contributed by atoms with Crippen LogP contribution in [0.25, 0.3) is 0 Å². The average Bonchev–Trinajstić information content (AvgIpc) is 2.31. The minimum absolute atomic E-state index is 0.0991. The van der Waals surface area contributed by atoms with Crippen LogP contribution in [0.3, 0.4) is 0 Å². The van der Waals surface area contributed by atoms with E-state index in [0.717, 1.165) is 11.1 Å². The van der Waals surface area contributed by atoms with E-state index in [9.17, 15) is 4.39 Å². The molecule has 0 radical (unpaired) electrons. The maximum absolute atomic E-state index is 13.9. The molecule has 0 saturated heterocycles. The zero-order chi connectivity index (χ0) is 13.3. The number of rotatable bonds is 2. The lowest BCUT2D eigenvalue weighted by Crippen LogP contribution is -1.99. The molecule has 1 atom stereocenters. The Kier molecular flexibility index (Phi) is 3.86. The highest BCUT2D eigenvalue weighted by Crippen LogP contribution is 2.34. The van der Waals surface area contributed by atoms with Gasteiger partial charge in [-0.2, -0.15) is 0 Å². The first kappa shape index (κ1) is 13.3. The van der Waals surface area contributed by atoms with Crippen LogP contribution >= 0.6 is 15.9 Å². The summed E-state index contributed by atoms with van der Waals surface area (Å²) in [7, 11) is 0. The number of hydrogen-bond donors (Lipinski definition) is 0. The van der Waals surface area contributed by atoms with E-state index >= 15 is 0 Å². The quantitative estimate of drug-likeness (QED) is 0.666. The van der Waals surface area contributed by atoms with Gasteiger partial charge in [-0.3, -0.25) is 0 Å². The monoisotopic (exact) mass is 306 g/mol. The van der Waals surface area contributed by atoms with Gasteiger partial charge in [0.15, 0.2) is 0 Å². The predicted molar refractivity (Wildman–Crippen MR) is 77.8 cm³/mol. The Morgan fingerprint density at radius 3 is 2.17 bits per heavy atom. The maximum Gasteiger partial charge on any atom is 0.127 e. The molecule has 0 aliphatic rings. The molecule has 94 valence electrons. The molecule has 2 aromatic carbocycles. The smallest absolute Gasteiger partial charge is 0.127 e. The van der Waals surface area contributed by atoms with Gasteiger partial charge in [0.2, 0.25) is 0 Å². The second kappa shape index (κ2) is 5.23. The highest BCUT2D eigenvalue weighted by molar-refractivity contribution is 9.09. The van der Waals surface area contributed by atoms with Crippen molar-refractivity contribution in [3.8, 4) is 0 Å². The van der Waals surface area contributed by atoms with Gasteiger partial charge in [-0.05, 0) is 38.0 Å². The van der Waals surface area contributed by atoms with Gasteiger partial charge in [0.25, 0.3) is 0 Å². The van der Waals surface area contributed by atoms with Crippen molar-refractivity contribution in [1.82, 2.24) is 0 Å². The van der Waals surface area contributed by atoms with Crippen LogP contribution in [0.4, 0.5) is 4.39 Å². The highest BCUT2D eigenvalue weighted by Gasteiger charge is 2.16. The van der Waals surface area contributed by atoms with Crippen molar-refractivity contribution in [1.29, 1.82) is 0 Å². The van der Waals surface area contributed by atoms with Crippen molar-refractivity contribution in [2.75, 3.05) is 0 Å². The Morgan fingerprint density at radius 2 is 1.50 bits per heavy atom. The molecule has 18 heavy (non-hydrogen) atoms. The molecule has 0 nitrogen and oxygen atoms in total. The summed E-state index contributed by atoms with van der Waals surface area (Å²) in [5.41, 5.74) is 5.28. The van der Waals surface area contributed by atoms with Crippen LogP contribution in [0.2, 0.25) is 0 Å². The lowest BCUT2D eigenvalue weighted by molar-refractivity contribution is 0.613. The molecular formula is C16H16BrF. The minimum Gasteiger partial charge on any atom is -0.207 e. The van der Waals surface area contributed by atoms with E-state index in [0.29, 0.717) is 5.56 Å². The summed E-state index contributed by atoms with van der Waals surface area (Å²) in [6.45, 7) is 6.10. The summed E-state index contributed by atoms with van der Waals surface area (Å²) >= 11 is 3.61. The van der Waals surface area contributed by atoms with Crippen molar-refractivity contribution in [2.24, 2.45) is 0 Å². The Bertz CT molecular complexity index is 575. The van der Waals surface area contributed by atoms with E-state index < -0.39 is 0 Å². The van der Waals surface area contributed by atoms with E-state index in [4.69, 9.17) is 0 Å². The molecule has 0 fully saturated rings. The molecule has 0 bridgehead atoms. The highest BCUT2D eigenvalue weighted by atomic mass is 79.9. The van der Waals surface area contributed by atoms with Gasteiger partial charge >= 0.3 is 0 Å². The largest absolute Gasteiger partial charge is 0.207 e. The summed E-state index contributed by atoms with van der Waals surface area (Å²) in [5.74, 6) is -0.164. The van der Waals surface area contributed by atoms with E-state index in [1.54, 1.807) is 6.07 Å². The van der Waals surface area contributed by atoms with Crippen LogP contribution < -0.4 is 0 Å². The first-order valence-corrected chi connectivity index (χ1v) is 6.88. The molecule has 0 saturated carbocycles. The van der Waals surface area contributed by atoms with E-state index in [-0.39, 0.29) is 10.6 Å². The number of aryl methyl sites for hydroxylation is 3. The van der Waals surface area contributed by atoms with E-state index in [1.807, 2.05) is 13.0 Å². The normalized spacial score (nSPS) is 12.5. The standard InChI is InChI=1S/C16H16BrF/c1-10-4-6-13(12(3)8-10)16(17)14-9-11(2)5-7-15(14)18/h4-9,16H,1-3H3. The van der Waals surface area contributed by atoms with Crippen LogP contribution in [0.1, 0.15) is 32.6 Å². The molecule has 0 aliphatic heterocycles. The van der Waals surface area contributed by atoms with Crippen LogP contribution in [0.15, 0.2) is 36.4 Å². The molecule has 0 N–H and O–H groups in total. The summed E-state index contributed by atoms with van der Waals surface area (Å²) in [4.78, 5) is -0.0991. The molecule has 2 aromatic rings. The van der Waals surface area contributed by atoms with Crippen molar-refractivity contribution in [3.05, 3.63) is 70.0 Å². The summed E-state index contributed by atoms with van der Waals surface area (Å²) in [6.07, 6.45) is 0. The minimum atomic E-state index is -0.164. The number of halogens is 2. The molecule has 2 heteroatoms. The SMILES string of the molecule is Cc1ccc(C(Br)c2cc(C)ccc2F)c(C)c1. The lowest BCUT2D eigenvalue weighted by atomic mass is 9.97. The third-order valence-corrected chi connectivity index (χ3v) is 4.11. The van der Waals surface area contributed by atoms with Crippen LogP contribution in [-0.4, -0.2) is 0 Å². The zero-order valence-corrected chi connectivity index (χ0v) is 12.4. The Labute approximate surface area is 116 Å². The van der Waals surface area contributed by atoms with Crippen molar-refractivity contribution < 1.29 is 4.39 Å². The third kappa shape index (κ3) is 2.64. The first-order chi connectivity index (χ1) is 8.49. The average molecular weight is 307 g/mol. The van der Waals surface area contributed by atoms with Gasteiger partial charge in [-0.15, -0.1) is 0 Å². The second-order valence-electron chi connectivity index (χ2n) is 4.75. The van der Waals surface area contributed by atoms with Gasteiger partial charge in [-0.25, -0.2) is 4.39 Å². The van der Waals surface area contributed by atoms with Crippen LogP contribution in [-0.2, 0) is 0 Å². The van der Waals surface area contributed by atoms with Crippen molar-refractivity contribution >= 4 is 15.9 Å². The van der Waals surface area contributed by atoms with Crippen molar-refractivity contribution in [3.63, 3.8) is 0 Å². The third-order valence-electron chi connectivity index (χ3n) is 3.12. The number of benzene rings is 2. The summed E-state index contributed by atoms with van der Waals surface area (Å²) in [5, 5.41) is 0. The second-order valence-corrected chi connectivity index (χ2v) is 5.66. The molecular weight excluding hydrogens is 291 g/mol. The Balaban J connectivity index is 2.47. The summed E-state index contributed by atoms with van der Waals surface area (Å²) in [6, 6.07) is 11.5. The van der Waals surface area contributed by atoms with Gasteiger partial charge in [0.1, 0.15) is 5.82 Å². The molecule has 0 amide bonds. The topological polar surface area (TPSA) is 0 Å². The number of alkyl halides is 1. The number of hydrogen-bond acceptors (Lipinski definition) is 0.